The minimum absolute atomic E-state index is 0.505. The van der Waals surface area contributed by atoms with E-state index in [1.807, 2.05) is 36.7 Å². The first-order valence-electron chi connectivity index (χ1n) is 11.4. The molecule has 1 aromatic carbocycles. The Morgan fingerprint density at radius 3 is 1.74 bits per heavy atom. The van der Waals surface area contributed by atoms with E-state index < -0.39 is 0 Å². The predicted octanol–water partition coefficient (Wildman–Crippen LogP) is 3.96. The summed E-state index contributed by atoms with van der Waals surface area (Å²) >= 11 is 0. The van der Waals surface area contributed by atoms with Crippen LogP contribution in [0.15, 0.2) is 73.1 Å². The standard InChI is InChI=1S/C26H33N5/c1-2-10-26(31-20-24-8-4-6-16-29-24)25(9-1)30-18-22-13-11-21(12-14-22)17-27-19-23-7-3-5-15-28-23/h3-8,11-16,25-27,30-31H,1-2,9-10,17-20H2/t25-,26-/m0/s1. The van der Waals surface area contributed by atoms with Crippen molar-refractivity contribution in [1.29, 1.82) is 0 Å². The van der Waals surface area contributed by atoms with Crippen LogP contribution in [0.5, 0.6) is 0 Å². The zero-order valence-electron chi connectivity index (χ0n) is 18.1. The van der Waals surface area contributed by atoms with Gasteiger partial charge < -0.3 is 16.0 Å². The summed E-state index contributed by atoms with van der Waals surface area (Å²) in [4.78, 5) is 8.79. The summed E-state index contributed by atoms with van der Waals surface area (Å²) in [6, 6.07) is 22.1. The zero-order chi connectivity index (χ0) is 21.1. The fraction of sp³-hybridized carbons (Fsp3) is 0.385. The van der Waals surface area contributed by atoms with E-state index in [4.69, 9.17) is 0 Å². The number of aromatic nitrogens is 2. The molecule has 2 heterocycles. The van der Waals surface area contributed by atoms with Crippen LogP contribution < -0.4 is 16.0 Å². The van der Waals surface area contributed by atoms with Gasteiger partial charge in [-0.05, 0) is 48.2 Å². The third-order valence-electron chi connectivity index (χ3n) is 5.99. The lowest BCUT2D eigenvalue weighted by Crippen LogP contribution is -2.49. The van der Waals surface area contributed by atoms with Crippen molar-refractivity contribution < 1.29 is 0 Å². The third-order valence-corrected chi connectivity index (χ3v) is 5.99. The van der Waals surface area contributed by atoms with E-state index in [0.717, 1.165) is 37.6 Å². The van der Waals surface area contributed by atoms with Gasteiger partial charge in [0.15, 0.2) is 0 Å². The topological polar surface area (TPSA) is 61.9 Å². The van der Waals surface area contributed by atoms with Crippen LogP contribution in [0.4, 0.5) is 0 Å². The van der Waals surface area contributed by atoms with Gasteiger partial charge in [-0.1, -0.05) is 49.2 Å². The highest BCUT2D eigenvalue weighted by Crippen LogP contribution is 2.19. The molecule has 0 radical (unpaired) electrons. The molecule has 2 aromatic heterocycles. The number of rotatable bonds is 10. The molecule has 2 atom stereocenters. The van der Waals surface area contributed by atoms with Crippen LogP contribution in [0.25, 0.3) is 0 Å². The summed E-state index contributed by atoms with van der Waals surface area (Å²) in [5.74, 6) is 0. The van der Waals surface area contributed by atoms with E-state index in [2.05, 4.69) is 62.3 Å². The molecule has 0 saturated heterocycles. The van der Waals surface area contributed by atoms with Gasteiger partial charge in [-0.3, -0.25) is 9.97 Å². The number of pyridine rings is 2. The van der Waals surface area contributed by atoms with Gasteiger partial charge in [0.2, 0.25) is 0 Å². The van der Waals surface area contributed by atoms with Gasteiger partial charge in [-0.2, -0.15) is 0 Å². The van der Waals surface area contributed by atoms with Gasteiger partial charge in [0, 0.05) is 50.7 Å². The molecule has 4 rings (SSSR count). The summed E-state index contributed by atoms with van der Waals surface area (Å²) in [7, 11) is 0. The summed E-state index contributed by atoms with van der Waals surface area (Å²) in [5, 5.41) is 11.0. The number of nitrogens with zero attached hydrogens (tertiary/aromatic N) is 2. The molecule has 1 aliphatic carbocycles. The maximum Gasteiger partial charge on any atom is 0.0541 e. The van der Waals surface area contributed by atoms with Crippen LogP contribution in [-0.4, -0.2) is 22.1 Å². The van der Waals surface area contributed by atoms with Crippen molar-refractivity contribution in [2.24, 2.45) is 0 Å². The Labute approximate surface area is 185 Å². The van der Waals surface area contributed by atoms with Gasteiger partial charge >= 0.3 is 0 Å². The summed E-state index contributed by atoms with van der Waals surface area (Å²) < 4.78 is 0. The fourth-order valence-corrected chi connectivity index (χ4v) is 4.22. The normalized spacial score (nSPS) is 18.7. The lowest BCUT2D eigenvalue weighted by atomic mass is 9.90. The van der Waals surface area contributed by atoms with Crippen LogP contribution in [0.1, 0.15) is 48.2 Å². The highest BCUT2D eigenvalue weighted by atomic mass is 15.0. The maximum atomic E-state index is 4.44. The Bertz CT molecular complexity index is 883. The van der Waals surface area contributed by atoms with Crippen molar-refractivity contribution >= 4 is 0 Å². The number of benzene rings is 1. The first kappa shape index (κ1) is 21.6. The first-order valence-corrected chi connectivity index (χ1v) is 11.4. The molecule has 0 amide bonds. The summed E-state index contributed by atoms with van der Waals surface area (Å²) in [5.41, 5.74) is 4.82. The predicted molar refractivity (Wildman–Crippen MR) is 125 cm³/mol. The molecule has 1 fully saturated rings. The van der Waals surface area contributed by atoms with Crippen molar-refractivity contribution in [3.8, 4) is 0 Å². The van der Waals surface area contributed by atoms with Crippen molar-refractivity contribution in [2.45, 2.75) is 63.9 Å². The fourth-order valence-electron chi connectivity index (χ4n) is 4.22. The second-order valence-electron chi connectivity index (χ2n) is 8.32. The van der Waals surface area contributed by atoms with Crippen LogP contribution in [0.3, 0.4) is 0 Å². The molecular weight excluding hydrogens is 382 g/mol. The highest BCUT2D eigenvalue weighted by Gasteiger charge is 2.24. The van der Waals surface area contributed by atoms with Gasteiger partial charge in [-0.15, -0.1) is 0 Å². The van der Waals surface area contributed by atoms with Gasteiger partial charge in [-0.25, -0.2) is 0 Å². The summed E-state index contributed by atoms with van der Waals surface area (Å²) in [6.45, 7) is 3.39. The van der Waals surface area contributed by atoms with Crippen LogP contribution in [0.2, 0.25) is 0 Å². The molecule has 0 aliphatic heterocycles. The monoisotopic (exact) mass is 415 g/mol. The minimum atomic E-state index is 0.505. The Balaban J connectivity index is 1.21. The third kappa shape index (κ3) is 6.96. The van der Waals surface area contributed by atoms with Crippen molar-refractivity contribution in [1.82, 2.24) is 25.9 Å². The van der Waals surface area contributed by atoms with Gasteiger partial charge in [0.05, 0.1) is 11.4 Å². The molecular formula is C26H33N5. The number of nitrogens with one attached hydrogen (secondary N) is 3. The van der Waals surface area contributed by atoms with Gasteiger partial charge in [0.1, 0.15) is 0 Å². The molecule has 31 heavy (non-hydrogen) atoms. The van der Waals surface area contributed by atoms with Crippen LogP contribution in [-0.2, 0) is 26.2 Å². The van der Waals surface area contributed by atoms with Crippen molar-refractivity contribution in [3.63, 3.8) is 0 Å². The molecule has 0 spiro atoms. The van der Waals surface area contributed by atoms with Gasteiger partial charge in [0.25, 0.3) is 0 Å². The molecule has 3 aromatic rings. The Hall–Kier alpha value is -2.60. The largest absolute Gasteiger partial charge is 0.308 e. The number of hydrogen-bond donors (Lipinski definition) is 3. The van der Waals surface area contributed by atoms with E-state index in [1.54, 1.807) is 0 Å². The van der Waals surface area contributed by atoms with Crippen molar-refractivity contribution in [2.75, 3.05) is 0 Å². The Morgan fingerprint density at radius 1 is 0.613 bits per heavy atom. The molecule has 1 saturated carbocycles. The lowest BCUT2D eigenvalue weighted by molar-refractivity contribution is 0.280. The van der Waals surface area contributed by atoms with E-state index >= 15 is 0 Å². The quantitative estimate of drug-likeness (QED) is 0.468. The van der Waals surface area contributed by atoms with E-state index in [9.17, 15) is 0 Å². The highest BCUT2D eigenvalue weighted by molar-refractivity contribution is 5.22. The maximum absolute atomic E-state index is 4.44. The lowest BCUT2D eigenvalue weighted by Gasteiger charge is -2.33. The molecule has 162 valence electrons. The molecule has 0 unspecified atom stereocenters. The van der Waals surface area contributed by atoms with E-state index in [0.29, 0.717) is 12.1 Å². The second kappa shape index (κ2) is 11.7. The SMILES string of the molecule is c1ccc(CNCc2ccc(CN[C@H]3CCCC[C@@H]3NCc3ccccn3)cc2)nc1. The molecule has 3 N–H and O–H groups in total. The minimum Gasteiger partial charge on any atom is -0.308 e. The Kier molecular flexibility index (Phi) is 8.16. The van der Waals surface area contributed by atoms with E-state index in [-0.39, 0.29) is 0 Å². The first-order chi connectivity index (χ1) is 15.4. The molecule has 0 bridgehead atoms. The van der Waals surface area contributed by atoms with Crippen molar-refractivity contribution in [3.05, 3.63) is 95.6 Å². The van der Waals surface area contributed by atoms with E-state index in [1.165, 1.54) is 36.8 Å². The average Bonchev–Trinajstić information content (AvgIpc) is 2.84. The molecule has 1 aliphatic rings. The smallest absolute Gasteiger partial charge is 0.0541 e. The number of hydrogen-bond acceptors (Lipinski definition) is 5. The summed E-state index contributed by atoms with van der Waals surface area (Å²) in [6.07, 6.45) is 8.77. The molecule has 5 nitrogen and oxygen atoms in total. The Morgan fingerprint density at radius 2 is 1.16 bits per heavy atom. The second-order valence-corrected chi connectivity index (χ2v) is 8.32. The zero-order valence-corrected chi connectivity index (χ0v) is 18.1. The van der Waals surface area contributed by atoms with Crippen LogP contribution >= 0.6 is 0 Å². The average molecular weight is 416 g/mol. The molecule has 5 heteroatoms. The van der Waals surface area contributed by atoms with Crippen LogP contribution in [0, 0.1) is 0 Å².